The van der Waals surface area contributed by atoms with Crippen molar-refractivity contribution in [2.45, 2.75) is 5.60 Å². The van der Waals surface area contributed by atoms with Crippen molar-refractivity contribution >= 4 is 28.0 Å². The molecule has 2 heterocycles. The molecule has 0 saturated carbocycles. The Hall–Kier alpha value is -4.05. The lowest BCUT2D eigenvalue weighted by Gasteiger charge is -2.36. The molecule has 4 aromatic carbocycles. The molecular formula is C28H19FO3. The quantitative estimate of drug-likeness (QED) is 0.311. The van der Waals surface area contributed by atoms with Crippen LogP contribution in [-0.2, 0) is 5.60 Å². The predicted octanol–water partition coefficient (Wildman–Crippen LogP) is 7.08. The van der Waals surface area contributed by atoms with Crippen molar-refractivity contribution in [2.75, 3.05) is 7.11 Å². The minimum atomic E-state index is -1.11. The van der Waals surface area contributed by atoms with E-state index in [1.165, 1.54) is 6.07 Å². The third kappa shape index (κ3) is 2.66. The van der Waals surface area contributed by atoms with Gasteiger partial charge in [0.1, 0.15) is 28.5 Å². The molecular weight excluding hydrogens is 403 g/mol. The third-order valence-electron chi connectivity index (χ3n) is 6.09. The molecule has 0 saturated heterocycles. The van der Waals surface area contributed by atoms with E-state index < -0.39 is 5.60 Å². The number of methoxy groups -OCH3 is 1. The molecule has 0 fully saturated rings. The summed E-state index contributed by atoms with van der Waals surface area (Å²) in [5, 5.41) is 2.02. The lowest BCUT2D eigenvalue weighted by Crippen LogP contribution is -2.35. The van der Waals surface area contributed by atoms with Gasteiger partial charge < -0.3 is 13.9 Å². The van der Waals surface area contributed by atoms with Gasteiger partial charge in [0, 0.05) is 27.5 Å². The van der Waals surface area contributed by atoms with E-state index in [2.05, 4.69) is 0 Å². The summed E-state index contributed by atoms with van der Waals surface area (Å²) in [7, 11) is 1.62. The van der Waals surface area contributed by atoms with Crippen molar-refractivity contribution in [3.8, 4) is 11.5 Å². The van der Waals surface area contributed by atoms with Crippen molar-refractivity contribution in [2.24, 2.45) is 0 Å². The third-order valence-corrected chi connectivity index (χ3v) is 6.09. The summed E-state index contributed by atoms with van der Waals surface area (Å²) in [6.45, 7) is 0. The van der Waals surface area contributed by atoms with E-state index in [0.29, 0.717) is 11.3 Å². The molecule has 4 heteroatoms. The summed E-state index contributed by atoms with van der Waals surface area (Å²) in [6.07, 6.45) is 3.94. The first-order valence-corrected chi connectivity index (χ1v) is 10.4. The van der Waals surface area contributed by atoms with E-state index in [4.69, 9.17) is 13.9 Å². The highest BCUT2D eigenvalue weighted by Gasteiger charge is 2.39. The zero-order valence-electron chi connectivity index (χ0n) is 17.3. The van der Waals surface area contributed by atoms with Gasteiger partial charge in [-0.25, -0.2) is 4.39 Å². The Morgan fingerprint density at radius 2 is 1.59 bits per heavy atom. The molecule has 1 aromatic heterocycles. The van der Waals surface area contributed by atoms with E-state index in [1.54, 1.807) is 19.2 Å². The summed E-state index contributed by atoms with van der Waals surface area (Å²) >= 11 is 0. The first-order chi connectivity index (χ1) is 15.7. The van der Waals surface area contributed by atoms with Crippen molar-refractivity contribution < 1.29 is 18.3 Å². The number of rotatable bonds is 3. The zero-order valence-corrected chi connectivity index (χ0v) is 17.3. The van der Waals surface area contributed by atoms with Crippen LogP contribution in [0.25, 0.3) is 28.0 Å². The summed E-state index contributed by atoms with van der Waals surface area (Å²) in [5.74, 6) is 1.07. The maximum absolute atomic E-state index is 15.1. The molecule has 0 amide bonds. The second-order valence-corrected chi connectivity index (χ2v) is 7.83. The normalized spacial score (nSPS) is 17.3. The number of fused-ring (bicyclic) bond motifs is 5. The molecule has 3 nitrogen and oxygen atoms in total. The molecule has 1 unspecified atom stereocenters. The predicted molar refractivity (Wildman–Crippen MR) is 124 cm³/mol. The van der Waals surface area contributed by atoms with Crippen LogP contribution >= 0.6 is 0 Å². The molecule has 1 aliphatic heterocycles. The lowest BCUT2D eigenvalue weighted by molar-refractivity contribution is 0.156. The number of halogens is 1. The molecule has 0 radical (unpaired) electrons. The Morgan fingerprint density at radius 3 is 2.41 bits per heavy atom. The standard InChI is InChI=1S/C28H19FO3/c1-30-19-12-10-18(11-13-19)28(22-7-3-4-8-23(22)29)17-16-21-25(32-28)14-15-26-27(21)20-6-2-5-9-24(20)31-26/h2-17H,1H3. The van der Waals surface area contributed by atoms with Gasteiger partial charge in [-0.05, 0) is 48.6 Å². The fourth-order valence-corrected chi connectivity index (χ4v) is 4.54. The molecule has 1 aliphatic rings. The Balaban J connectivity index is 1.60. The van der Waals surface area contributed by atoms with E-state index in [0.717, 1.165) is 38.8 Å². The first kappa shape index (κ1) is 18.7. The van der Waals surface area contributed by atoms with Crippen LogP contribution in [-0.4, -0.2) is 7.11 Å². The minimum absolute atomic E-state index is 0.328. The highest BCUT2D eigenvalue weighted by molar-refractivity contribution is 6.10. The van der Waals surface area contributed by atoms with Gasteiger partial charge in [-0.1, -0.05) is 48.5 Å². The zero-order chi connectivity index (χ0) is 21.7. The number of hydrogen-bond donors (Lipinski definition) is 0. The molecule has 156 valence electrons. The molecule has 0 bridgehead atoms. The number of para-hydroxylation sites is 1. The van der Waals surface area contributed by atoms with Gasteiger partial charge in [-0.15, -0.1) is 0 Å². The van der Waals surface area contributed by atoms with Gasteiger partial charge in [0.25, 0.3) is 0 Å². The maximum atomic E-state index is 15.1. The van der Waals surface area contributed by atoms with E-state index in [1.807, 2.05) is 78.9 Å². The molecule has 0 spiro atoms. The Labute approximate surface area is 184 Å². The van der Waals surface area contributed by atoms with E-state index in [-0.39, 0.29) is 5.82 Å². The van der Waals surface area contributed by atoms with Gasteiger partial charge in [-0.3, -0.25) is 0 Å². The highest BCUT2D eigenvalue weighted by Crippen LogP contribution is 2.46. The minimum Gasteiger partial charge on any atom is -0.497 e. The number of ether oxygens (including phenoxy) is 2. The second kappa shape index (κ2) is 6.99. The molecule has 5 aromatic rings. The van der Waals surface area contributed by atoms with Gasteiger partial charge in [0.15, 0.2) is 5.60 Å². The molecule has 0 N–H and O–H groups in total. The maximum Gasteiger partial charge on any atom is 0.180 e. The Morgan fingerprint density at radius 1 is 0.812 bits per heavy atom. The Bertz CT molecular complexity index is 1500. The Kier molecular flexibility index (Phi) is 4.08. The topological polar surface area (TPSA) is 31.6 Å². The van der Waals surface area contributed by atoms with E-state index >= 15 is 4.39 Å². The number of furan rings is 1. The SMILES string of the molecule is COc1ccc(C2(c3ccccc3F)C=Cc3c(ccc4oc5ccccc5c34)O2)cc1. The van der Waals surface area contributed by atoms with Crippen LogP contribution in [0, 0.1) is 5.82 Å². The summed E-state index contributed by atoms with van der Waals surface area (Å²) in [5.41, 5.74) is 2.68. The van der Waals surface area contributed by atoms with Crippen LogP contribution in [0.15, 0.2) is 95.4 Å². The summed E-state index contributed by atoms with van der Waals surface area (Å²) in [6, 6.07) is 26.0. The van der Waals surface area contributed by atoms with Crippen LogP contribution in [0.2, 0.25) is 0 Å². The lowest BCUT2D eigenvalue weighted by atomic mass is 9.83. The largest absolute Gasteiger partial charge is 0.497 e. The second-order valence-electron chi connectivity index (χ2n) is 7.83. The van der Waals surface area contributed by atoms with Crippen LogP contribution in [0.4, 0.5) is 4.39 Å². The van der Waals surface area contributed by atoms with Crippen LogP contribution in [0.5, 0.6) is 11.5 Å². The monoisotopic (exact) mass is 422 g/mol. The van der Waals surface area contributed by atoms with Crippen molar-refractivity contribution in [3.63, 3.8) is 0 Å². The average Bonchev–Trinajstić information content (AvgIpc) is 3.23. The molecule has 1 atom stereocenters. The fourth-order valence-electron chi connectivity index (χ4n) is 4.54. The van der Waals surface area contributed by atoms with Crippen molar-refractivity contribution in [3.05, 3.63) is 114 Å². The van der Waals surface area contributed by atoms with Gasteiger partial charge in [0.2, 0.25) is 0 Å². The molecule has 32 heavy (non-hydrogen) atoms. The molecule has 0 aliphatic carbocycles. The number of benzene rings is 4. The fraction of sp³-hybridized carbons (Fsp3) is 0.0714. The van der Waals surface area contributed by atoms with Crippen LogP contribution < -0.4 is 9.47 Å². The average molecular weight is 422 g/mol. The van der Waals surface area contributed by atoms with Crippen LogP contribution in [0.1, 0.15) is 16.7 Å². The van der Waals surface area contributed by atoms with E-state index in [9.17, 15) is 0 Å². The smallest absolute Gasteiger partial charge is 0.180 e. The van der Waals surface area contributed by atoms with Crippen molar-refractivity contribution in [1.29, 1.82) is 0 Å². The van der Waals surface area contributed by atoms with Gasteiger partial charge in [0.05, 0.1) is 7.11 Å². The first-order valence-electron chi connectivity index (χ1n) is 10.4. The van der Waals surface area contributed by atoms with Gasteiger partial charge in [-0.2, -0.15) is 0 Å². The number of hydrogen-bond acceptors (Lipinski definition) is 3. The summed E-state index contributed by atoms with van der Waals surface area (Å²) in [4.78, 5) is 0. The summed E-state index contributed by atoms with van der Waals surface area (Å²) < 4.78 is 33.1. The van der Waals surface area contributed by atoms with Gasteiger partial charge >= 0.3 is 0 Å². The van der Waals surface area contributed by atoms with Crippen LogP contribution in [0.3, 0.4) is 0 Å². The molecule has 6 rings (SSSR count). The highest BCUT2D eigenvalue weighted by atomic mass is 19.1. The van der Waals surface area contributed by atoms with Crippen molar-refractivity contribution in [1.82, 2.24) is 0 Å².